The van der Waals surface area contributed by atoms with Gasteiger partial charge in [0, 0.05) is 31.9 Å². The van der Waals surface area contributed by atoms with Gasteiger partial charge in [-0.2, -0.15) is 0 Å². The molecule has 1 saturated heterocycles. The number of carbonyl (C=O) groups excluding carboxylic acids is 1. The zero-order valence-corrected chi connectivity index (χ0v) is 14.5. The molecule has 6 heteroatoms. The monoisotopic (exact) mass is 328 g/mol. The lowest BCUT2D eigenvalue weighted by Gasteiger charge is -2.25. The van der Waals surface area contributed by atoms with Crippen LogP contribution in [0.3, 0.4) is 0 Å². The third-order valence-corrected chi connectivity index (χ3v) is 4.37. The molecule has 24 heavy (non-hydrogen) atoms. The first-order valence-corrected chi connectivity index (χ1v) is 8.27. The molecule has 0 radical (unpaired) electrons. The van der Waals surface area contributed by atoms with Crippen LogP contribution in [0, 0.1) is 6.92 Å². The van der Waals surface area contributed by atoms with Crippen molar-refractivity contribution in [3.8, 4) is 0 Å². The Bertz CT molecular complexity index is 711. The van der Waals surface area contributed by atoms with Crippen LogP contribution in [0.2, 0.25) is 0 Å². The first-order chi connectivity index (χ1) is 11.5. The van der Waals surface area contributed by atoms with Crippen LogP contribution in [-0.4, -0.2) is 43.1 Å². The highest BCUT2D eigenvalue weighted by atomic mass is 16.5. The molecule has 1 N–H and O–H groups in total. The molecule has 2 heterocycles. The van der Waals surface area contributed by atoms with Gasteiger partial charge in [0.05, 0.1) is 12.2 Å². The Morgan fingerprint density at radius 2 is 2.25 bits per heavy atom. The van der Waals surface area contributed by atoms with Gasteiger partial charge in [-0.05, 0) is 44.0 Å². The first-order valence-electron chi connectivity index (χ1n) is 8.27. The van der Waals surface area contributed by atoms with Crippen LogP contribution < -0.4 is 10.2 Å². The van der Waals surface area contributed by atoms with Gasteiger partial charge in [-0.25, -0.2) is 0 Å². The molecule has 1 atom stereocenters. The fourth-order valence-corrected chi connectivity index (χ4v) is 3.19. The lowest BCUT2D eigenvalue weighted by Crippen LogP contribution is -2.32. The van der Waals surface area contributed by atoms with E-state index in [0.29, 0.717) is 12.4 Å². The number of amides is 1. The number of hydrogen-bond donors (Lipinski definition) is 1. The summed E-state index contributed by atoms with van der Waals surface area (Å²) in [5, 5.41) is 6.56. The number of rotatable bonds is 5. The van der Waals surface area contributed by atoms with Crippen molar-refractivity contribution < 1.29 is 9.32 Å². The Morgan fingerprint density at radius 3 is 2.96 bits per heavy atom. The molecule has 1 aromatic carbocycles. The van der Waals surface area contributed by atoms with Gasteiger partial charge < -0.3 is 9.42 Å². The van der Waals surface area contributed by atoms with E-state index in [1.54, 1.807) is 6.07 Å². The Balaban J connectivity index is 1.67. The van der Waals surface area contributed by atoms with Gasteiger partial charge in [0.15, 0.2) is 0 Å². The summed E-state index contributed by atoms with van der Waals surface area (Å²) in [5.41, 5.74) is 3.20. The molecule has 0 spiro atoms. The van der Waals surface area contributed by atoms with Gasteiger partial charge in [-0.15, -0.1) is 0 Å². The van der Waals surface area contributed by atoms with E-state index < -0.39 is 0 Å². The maximum absolute atomic E-state index is 12.3. The average molecular weight is 328 g/mol. The third-order valence-electron chi connectivity index (χ3n) is 4.37. The van der Waals surface area contributed by atoms with Crippen LogP contribution in [-0.2, 0) is 4.79 Å². The minimum atomic E-state index is -0.0678. The number of aromatic nitrogens is 1. The number of hydrogen-bond acceptors (Lipinski definition) is 5. The topological polar surface area (TPSA) is 61.6 Å². The van der Waals surface area contributed by atoms with Gasteiger partial charge in [0.1, 0.15) is 0 Å². The van der Waals surface area contributed by atoms with E-state index in [1.165, 1.54) is 11.3 Å². The molecule has 6 nitrogen and oxygen atoms in total. The zero-order chi connectivity index (χ0) is 17.1. The molecule has 1 aliphatic rings. The van der Waals surface area contributed by atoms with Crippen molar-refractivity contribution in [2.24, 2.45) is 0 Å². The van der Waals surface area contributed by atoms with E-state index in [2.05, 4.69) is 44.5 Å². The second kappa shape index (κ2) is 7.05. The predicted molar refractivity (Wildman–Crippen MR) is 94.2 cm³/mol. The van der Waals surface area contributed by atoms with Crippen molar-refractivity contribution >= 4 is 17.5 Å². The first kappa shape index (κ1) is 16.5. The molecule has 1 aliphatic heterocycles. The summed E-state index contributed by atoms with van der Waals surface area (Å²) >= 11 is 0. The molecule has 1 aromatic heterocycles. The molecule has 3 rings (SSSR count). The smallest absolute Gasteiger partial charge is 0.240 e. The highest BCUT2D eigenvalue weighted by molar-refractivity contribution is 5.91. The number of anilines is 2. The summed E-state index contributed by atoms with van der Waals surface area (Å²) in [4.78, 5) is 16.6. The largest absolute Gasteiger partial charge is 0.378 e. The maximum atomic E-state index is 12.3. The predicted octanol–water partition coefficient (Wildman–Crippen LogP) is 2.82. The maximum Gasteiger partial charge on any atom is 0.240 e. The van der Waals surface area contributed by atoms with E-state index in [1.807, 2.05) is 21.0 Å². The molecule has 0 bridgehead atoms. The van der Waals surface area contributed by atoms with Crippen LogP contribution in [0.5, 0.6) is 0 Å². The molecule has 0 unspecified atom stereocenters. The van der Waals surface area contributed by atoms with Gasteiger partial charge >= 0.3 is 0 Å². The summed E-state index contributed by atoms with van der Waals surface area (Å²) in [5.74, 6) is 0.338. The molecular weight excluding hydrogens is 304 g/mol. The standard InChI is InChI=1S/C18H24N4O2/c1-13-10-18(24-20-13)19-17(23)12-22-9-5-8-16(22)14-6-4-7-15(11-14)21(2)3/h4,6-7,10-11,16H,5,8-9,12H2,1-3H3,(H,19,23)/t16-/m1/s1. The number of likely N-dealkylation sites (tertiary alicyclic amines) is 1. The van der Waals surface area contributed by atoms with E-state index in [0.717, 1.165) is 25.1 Å². The van der Waals surface area contributed by atoms with Crippen molar-refractivity contribution in [3.05, 3.63) is 41.6 Å². The van der Waals surface area contributed by atoms with E-state index in [9.17, 15) is 4.79 Å². The van der Waals surface area contributed by atoms with Crippen LogP contribution in [0.25, 0.3) is 0 Å². The lowest BCUT2D eigenvalue weighted by molar-refractivity contribution is -0.117. The Morgan fingerprint density at radius 1 is 1.42 bits per heavy atom. The summed E-state index contributed by atoms with van der Waals surface area (Å²) in [6.07, 6.45) is 2.18. The van der Waals surface area contributed by atoms with Gasteiger partial charge in [0.25, 0.3) is 0 Å². The summed E-state index contributed by atoms with van der Waals surface area (Å²) in [6, 6.07) is 10.5. The van der Waals surface area contributed by atoms with Crippen molar-refractivity contribution in [2.75, 3.05) is 37.4 Å². The average Bonchev–Trinajstić information content (AvgIpc) is 3.16. The Labute approximate surface area is 142 Å². The van der Waals surface area contributed by atoms with E-state index >= 15 is 0 Å². The number of aryl methyl sites for hydroxylation is 1. The molecule has 0 saturated carbocycles. The van der Waals surface area contributed by atoms with Crippen molar-refractivity contribution in [2.45, 2.75) is 25.8 Å². The fourth-order valence-electron chi connectivity index (χ4n) is 3.19. The van der Waals surface area contributed by atoms with Gasteiger partial charge in [0.2, 0.25) is 11.8 Å². The minimum absolute atomic E-state index is 0.0678. The molecule has 2 aromatic rings. The summed E-state index contributed by atoms with van der Waals surface area (Å²) in [7, 11) is 4.08. The SMILES string of the molecule is Cc1cc(NC(=O)CN2CCC[C@@H]2c2cccc(N(C)C)c2)on1. The molecule has 1 fully saturated rings. The molecular formula is C18H24N4O2. The highest BCUT2D eigenvalue weighted by Crippen LogP contribution is 2.33. The van der Waals surface area contributed by atoms with Crippen molar-refractivity contribution in [1.29, 1.82) is 0 Å². The van der Waals surface area contributed by atoms with Crippen LogP contribution >= 0.6 is 0 Å². The number of carbonyl (C=O) groups is 1. The Hall–Kier alpha value is -2.34. The fraction of sp³-hybridized carbons (Fsp3) is 0.444. The second-order valence-electron chi connectivity index (χ2n) is 6.50. The minimum Gasteiger partial charge on any atom is -0.378 e. The molecule has 128 valence electrons. The zero-order valence-electron chi connectivity index (χ0n) is 14.5. The second-order valence-corrected chi connectivity index (χ2v) is 6.50. The molecule has 0 aliphatic carbocycles. The van der Waals surface area contributed by atoms with Crippen molar-refractivity contribution in [3.63, 3.8) is 0 Å². The van der Waals surface area contributed by atoms with Crippen LogP contribution in [0.15, 0.2) is 34.9 Å². The number of nitrogens with zero attached hydrogens (tertiary/aromatic N) is 3. The highest BCUT2D eigenvalue weighted by Gasteiger charge is 2.28. The normalized spacial score (nSPS) is 17.9. The summed E-state index contributed by atoms with van der Waals surface area (Å²) < 4.78 is 5.05. The van der Waals surface area contributed by atoms with Crippen molar-refractivity contribution in [1.82, 2.24) is 10.1 Å². The quantitative estimate of drug-likeness (QED) is 0.914. The third kappa shape index (κ3) is 3.76. The molecule has 1 amide bonds. The van der Waals surface area contributed by atoms with Gasteiger partial charge in [-0.3, -0.25) is 15.0 Å². The van der Waals surface area contributed by atoms with Crippen LogP contribution in [0.4, 0.5) is 11.6 Å². The number of benzene rings is 1. The van der Waals surface area contributed by atoms with E-state index in [-0.39, 0.29) is 11.9 Å². The summed E-state index contributed by atoms with van der Waals surface area (Å²) in [6.45, 7) is 3.11. The van der Waals surface area contributed by atoms with E-state index in [4.69, 9.17) is 4.52 Å². The van der Waals surface area contributed by atoms with Gasteiger partial charge in [-0.1, -0.05) is 17.3 Å². The lowest BCUT2D eigenvalue weighted by atomic mass is 10.0. The Kier molecular flexibility index (Phi) is 4.85. The van der Waals surface area contributed by atoms with Crippen LogP contribution in [0.1, 0.15) is 30.1 Å². The number of nitrogens with one attached hydrogen (secondary N) is 1.